The Labute approximate surface area is 109 Å². The van der Waals surface area contributed by atoms with Crippen molar-refractivity contribution in [1.29, 1.82) is 0 Å². The molecular weight excluding hydrogens is 250 g/mol. The summed E-state index contributed by atoms with van der Waals surface area (Å²) in [6.07, 6.45) is 7.04. The second-order valence-electron chi connectivity index (χ2n) is 4.56. The van der Waals surface area contributed by atoms with Crippen LogP contribution < -0.4 is 0 Å². The zero-order chi connectivity index (χ0) is 12.8. The lowest BCUT2D eigenvalue weighted by Crippen LogP contribution is -2.34. The Bertz CT molecular complexity index is 684. The van der Waals surface area contributed by atoms with E-state index in [0.29, 0.717) is 10.7 Å². The summed E-state index contributed by atoms with van der Waals surface area (Å²) in [6, 6.07) is 3.76. The highest BCUT2D eigenvalue weighted by atomic mass is 35.5. The number of aromatic nitrogens is 5. The van der Waals surface area contributed by atoms with E-state index in [-0.39, 0.29) is 5.66 Å². The van der Waals surface area contributed by atoms with E-state index < -0.39 is 0 Å². The van der Waals surface area contributed by atoms with Gasteiger partial charge >= 0.3 is 0 Å². The first-order valence-electron chi connectivity index (χ1n) is 5.58. The van der Waals surface area contributed by atoms with Crippen molar-refractivity contribution in [2.24, 2.45) is 0 Å². The molecule has 0 amide bonds. The maximum absolute atomic E-state index is 6.00. The molecule has 3 aromatic heterocycles. The molecule has 0 aliphatic heterocycles. The average molecular weight is 262 g/mol. The molecule has 3 aromatic rings. The summed E-state index contributed by atoms with van der Waals surface area (Å²) in [5, 5.41) is 4.89. The van der Waals surface area contributed by atoms with Crippen molar-refractivity contribution in [1.82, 2.24) is 24.3 Å². The molecule has 0 aromatic carbocycles. The largest absolute Gasteiger partial charge is 0.304 e. The second-order valence-corrected chi connectivity index (χ2v) is 4.99. The molecule has 0 spiro atoms. The van der Waals surface area contributed by atoms with Gasteiger partial charge in [0.25, 0.3) is 0 Å². The maximum atomic E-state index is 6.00. The van der Waals surface area contributed by atoms with Crippen LogP contribution in [0.25, 0.3) is 11.2 Å². The van der Waals surface area contributed by atoms with E-state index in [1.54, 1.807) is 18.7 Å². The van der Waals surface area contributed by atoms with Gasteiger partial charge in [0, 0.05) is 18.6 Å². The molecule has 3 heterocycles. The van der Waals surface area contributed by atoms with Crippen LogP contribution in [0.1, 0.15) is 13.8 Å². The van der Waals surface area contributed by atoms with Gasteiger partial charge < -0.3 is 4.57 Å². The first-order valence-corrected chi connectivity index (χ1v) is 5.96. The standard InChI is InChI=1S/C12H12ClN5/c1-12(2,18-5-3-4-16-18)17-8-15-11-10(17)6-9(13)7-14-11/h3-8H,1-2H3. The zero-order valence-corrected chi connectivity index (χ0v) is 10.8. The van der Waals surface area contributed by atoms with E-state index in [4.69, 9.17) is 11.6 Å². The Morgan fingerprint density at radius 2 is 2.11 bits per heavy atom. The van der Waals surface area contributed by atoms with Gasteiger partial charge in [-0.25, -0.2) is 14.6 Å². The zero-order valence-electron chi connectivity index (χ0n) is 10.1. The van der Waals surface area contributed by atoms with Crippen LogP contribution in [-0.2, 0) is 5.66 Å². The number of rotatable bonds is 2. The third-order valence-corrected chi connectivity index (χ3v) is 3.23. The van der Waals surface area contributed by atoms with E-state index in [9.17, 15) is 0 Å². The van der Waals surface area contributed by atoms with Crippen LogP contribution in [0.4, 0.5) is 0 Å². The summed E-state index contributed by atoms with van der Waals surface area (Å²) in [5.41, 5.74) is 1.20. The second kappa shape index (κ2) is 3.81. The van der Waals surface area contributed by atoms with Crippen LogP contribution in [0.2, 0.25) is 5.02 Å². The number of nitrogens with zero attached hydrogens (tertiary/aromatic N) is 5. The average Bonchev–Trinajstić information content (AvgIpc) is 2.97. The van der Waals surface area contributed by atoms with Crippen LogP contribution in [0, 0.1) is 0 Å². The monoisotopic (exact) mass is 261 g/mol. The van der Waals surface area contributed by atoms with Gasteiger partial charge in [-0.1, -0.05) is 11.6 Å². The Morgan fingerprint density at radius 3 is 2.83 bits per heavy atom. The number of imidazole rings is 1. The summed E-state index contributed by atoms with van der Waals surface area (Å²) in [7, 11) is 0. The van der Waals surface area contributed by atoms with E-state index in [1.165, 1.54) is 0 Å². The quantitative estimate of drug-likeness (QED) is 0.712. The predicted molar refractivity (Wildman–Crippen MR) is 69.5 cm³/mol. The van der Waals surface area contributed by atoms with Crippen molar-refractivity contribution in [3.63, 3.8) is 0 Å². The Balaban J connectivity index is 2.23. The van der Waals surface area contributed by atoms with Gasteiger partial charge in [0.05, 0.1) is 16.9 Å². The van der Waals surface area contributed by atoms with E-state index >= 15 is 0 Å². The van der Waals surface area contributed by atoms with Gasteiger partial charge in [-0.2, -0.15) is 5.10 Å². The topological polar surface area (TPSA) is 48.5 Å². The molecule has 0 aliphatic carbocycles. The minimum Gasteiger partial charge on any atom is -0.304 e. The molecule has 0 aliphatic rings. The Hall–Kier alpha value is -1.88. The van der Waals surface area contributed by atoms with Crippen LogP contribution >= 0.6 is 11.6 Å². The molecule has 0 N–H and O–H groups in total. The molecule has 0 atom stereocenters. The van der Waals surface area contributed by atoms with Crippen LogP contribution in [0.3, 0.4) is 0 Å². The third kappa shape index (κ3) is 1.59. The SMILES string of the molecule is CC(C)(n1cccn1)n1cnc2ncc(Cl)cc21. The van der Waals surface area contributed by atoms with Crippen LogP contribution in [-0.4, -0.2) is 24.3 Å². The van der Waals surface area contributed by atoms with Crippen molar-refractivity contribution in [2.75, 3.05) is 0 Å². The van der Waals surface area contributed by atoms with Crippen molar-refractivity contribution in [2.45, 2.75) is 19.5 Å². The van der Waals surface area contributed by atoms with Crippen LogP contribution in [0.15, 0.2) is 37.1 Å². The molecule has 0 bridgehead atoms. The van der Waals surface area contributed by atoms with E-state index in [2.05, 4.69) is 28.9 Å². The fourth-order valence-corrected chi connectivity index (χ4v) is 2.16. The highest BCUT2D eigenvalue weighted by molar-refractivity contribution is 6.31. The predicted octanol–water partition coefficient (Wildman–Crippen LogP) is 2.52. The fourth-order valence-electron chi connectivity index (χ4n) is 2.01. The summed E-state index contributed by atoms with van der Waals surface area (Å²) >= 11 is 6.00. The van der Waals surface area contributed by atoms with E-state index in [1.807, 2.05) is 27.6 Å². The Kier molecular flexibility index (Phi) is 2.38. The van der Waals surface area contributed by atoms with E-state index in [0.717, 1.165) is 5.52 Å². The molecule has 18 heavy (non-hydrogen) atoms. The van der Waals surface area contributed by atoms with Gasteiger partial charge in [-0.05, 0) is 26.0 Å². The fraction of sp³-hybridized carbons (Fsp3) is 0.250. The van der Waals surface area contributed by atoms with Crippen molar-refractivity contribution < 1.29 is 0 Å². The summed E-state index contributed by atoms with van der Waals surface area (Å²) < 4.78 is 3.88. The molecule has 0 radical (unpaired) electrons. The van der Waals surface area contributed by atoms with Gasteiger partial charge in [0.1, 0.15) is 5.66 Å². The van der Waals surface area contributed by atoms with Gasteiger partial charge in [-0.15, -0.1) is 0 Å². The first kappa shape index (κ1) is 11.2. The van der Waals surface area contributed by atoms with Crippen molar-refractivity contribution in [3.8, 4) is 0 Å². The molecule has 0 saturated carbocycles. The molecular formula is C12H12ClN5. The minimum absolute atomic E-state index is 0.370. The first-order chi connectivity index (χ1) is 8.59. The number of pyridine rings is 1. The molecule has 0 fully saturated rings. The number of fused-ring (bicyclic) bond motifs is 1. The normalized spacial score (nSPS) is 12.2. The highest BCUT2D eigenvalue weighted by Crippen LogP contribution is 2.24. The molecule has 5 nitrogen and oxygen atoms in total. The highest BCUT2D eigenvalue weighted by Gasteiger charge is 2.24. The molecule has 6 heteroatoms. The maximum Gasteiger partial charge on any atom is 0.177 e. The lowest BCUT2D eigenvalue weighted by atomic mass is 10.2. The number of hydrogen-bond acceptors (Lipinski definition) is 3. The lowest BCUT2D eigenvalue weighted by Gasteiger charge is -2.27. The summed E-state index contributed by atoms with van der Waals surface area (Å²) in [6.45, 7) is 4.12. The van der Waals surface area contributed by atoms with Gasteiger partial charge in [-0.3, -0.25) is 0 Å². The molecule has 0 saturated heterocycles. The van der Waals surface area contributed by atoms with Crippen LogP contribution in [0.5, 0.6) is 0 Å². The van der Waals surface area contributed by atoms with Gasteiger partial charge in [0.2, 0.25) is 0 Å². The number of halogens is 1. The Morgan fingerprint density at radius 1 is 1.28 bits per heavy atom. The van der Waals surface area contributed by atoms with Gasteiger partial charge in [0.15, 0.2) is 5.65 Å². The molecule has 92 valence electrons. The minimum atomic E-state index is -0.370. The molecule has 0 unspecified atom stereocenters. The number of hydrogen-bond donors (Lipinski definition) is 0. The van der Waals surface area contributed by atoms with Crippen molar-refractivity contribution in [3.05, 3.63) is 42.1 Å². The summed E-state index contributed by atoms with van der Waals surface area (Å²) in [4.78, 5) is 8.49. The third-order valence-electron chi connectivity index (χ3n) is 3.02. The molecule has 3 rings (SSSR count). The lowest BCUT2D eigenvalue weighted by molar-refractivity contribution is 0.269. The summed E-state index contributed by atoms with van der Waals surface area (Å²) in [5.74, 6) is 0. The smallest absolute Gasteiger partial charge is 0.177 e. The van der Waals surface area contributed by atoms with Crippen molar-refractivity contribution >= 4 is 22.8 Å².